The molecule has 1 aliphatic heterocycles. The third-order valence-electron chi connectivity index (χ3n) is 3.84. The Morgan fingerprint density at radius 3 is 2.96 bits per heavy atom. The smallest absolute Gasteiger partial charge is 0.422 e. The SMILES string of the molecule is FC(F)(F)COc1ccnc(NC2=CCC([C@H]3CNCCO3)C=C2)n1. The molecule has 1 aliphatic carbocycles. The average molecular weight is 356 g/mol. The van der Waals surface area contributed by atoms with Crippen molar-refractivity contribution >= 4 is 5.95 Å². The number of morpholine rings is 1. The van der Waals surface area contributed by atoms with E-state index in [1.54, 1.807) is 0 Å². The Morgan fingerprint density at radius 2 is 2.28 bits per heavy atom. The van der Waals surface area contributed by atoms with E-state index in [1.165, 1.54) is 12.3 Å². The van der Waals surface area contributed by atoms with Gasteiger partial charge in [-0.2, -0.15) is 18.2 Å². The Kier molecular flexibility index (Phi) is 5.54. The van der Waals surface area contributed by atoms with Crippen LogP contribution in [0.5, 0.6) is 5.88 Å². The summed E-state index contributed by atoms with van der Waals surface area (Å²) in [4.78, 5) is 7.92. The second-order valence-corrected chi connectivity index (χ2v) is 5.78. The lowest BCUT2D eigenvalue weighted by Crippen LogP contribution is -2.42. The number of hydrogen-bond donors (Lipinski definition) is 2. The fraction of sp³-hybridized carbons (Fsp3) is 0.500. The van der Waals surface area contributed by atoms with Gasteiger partial charge in [-0.3, -0.25) is 0 Å². The van der Waals surface area contributed by atoms with Crippen LogP contribution in [0.3, 0.4) is 0 Å². The van der Waals surface area contributed by atoms with E-state index >= 15 is 0 Å². The number of nitrogens with zero attached hydrogens (tertiary/aromatic N) is 2. The van der Waals surface area contributed by atoms with Crippen LogP contribution in [0.2, 0.25) is 0 Å². The van der Waals surface area contributed by atoms with Gasteiger partial charge in [-0.15, -0.1) is 0 Å². The highest BCUT2D eigenvalue weighted by Crippen LogP contribution is 2.23. The van der Waals surface area contributed by atoms with Crippen molar-refractivity contribution in [3.05, 3.63) is 36.2 Å². The summed E-state index contributed by atoms with van der Waals surface area (Å²) >= 11 is 0. The largest absolute Gasteiger partial charge is 0.468 e. The van der Waals surface area contributed by atoms with Crippen molar-refractivity contribution in [1.82, 2.24) is 15.3 Å². The third-order valence-corrected chi connectivity index (χ3v) is 3.84. The lowest BCUT2D eigenvalue weighted by molar-refractivity contribution is -0.154. The van der Waals surface area contributed by atoms with Gasteiger partial charge in [0.1, 0.15) is 0 Å². The van der Waals surface area contributed by atoms with Gasteiger partial charge in [0.05, 0.1) is 12.7 Å². The first-order valence-electron chi connectivity index (χ1n) is 8.00. The van der Waals surface area contributed by atoms with Gasteiger partial charge < -0.3 is 20.1 Å². The van der Waals surface area contributed by atoms with E-state index in [1.807, 2.05) is 12.2 Å². The van der Waals surface area contributed by atoms with Crippen LogP contribution < -0.4 is 15.4 Å². The van der Waals surface area contributed by atoms with E-state index < -0.39 is 12.8 Å². The van der Waals surface area contributed by atoms with Gasteiger partial charge in [0, 0.05) is 37.0 Å². The molecule has 9 heteroatoms. The van der Waals surface area contributed by atoms with Crippen LogP contribution in [0.1, 0.15) is 6.42 Å². The molecule has 1 unspecified atom stereocenters. The Morgan fingerprint density at radius 1 is 1.40 bits per heavy atom. The first-order valence-corrected chi connectivity index (χ1v) is 8.00. The Labute approximate surface area is 143 Å². The second-order valence-electron chi connectivity index (χ2n) is 5.78. The van der Waals surface area contributed by atoms with E-state index in [0.717, 1.165) is 25.2 Å². The van der Waals surface area contributed by atoms with Crippen LogP contribution in [0, 0.1) is 5.92 Å². The lowest BCUT2D eigenvalue weighted by atomic mass is 9.93. The summed E-state index contributed by atoms with van der Waals surface area (Å²) in [5.41, 5.74) is 0.785. The molecule has 136 valence electrons. The van der Waals surface area contributed by atoms with Gasteiger partial charge in [-0.1, -0.05) is 12.2 Å². The average Bonchev–Trinajstić information content (AvgIpc) is 2.61. The monoisotopic (exact) mass is 356 g/mol. The van der Waals surface area contributed by atoms with Crippen molar-refractivity contribution in [2.75, 3.05) is 31.6 Å². The van der Waals surface area contributed by atoms with Crippen LogP contribution in [0.4, 0.5) is 19.1 Å². The van der Waals surface area contributed by atoms with Gasteiger partial charge in [0.2, 0.25) is 11.8 Å². The molecular weight excluding hydrogens is 337 g/mol. The van der Waals surface area contributed by atoms with E-state index in [2.05, 4.69) is 31.4 Å². The third kappa shape index (κ3) is 5.43. The number of aromatic nitrogens is 2. The van der Waals surface area contributed by atoms with Crippen molar-refractivity contribution in [2.45, 2.75) is 18.7 Å². The van der Waals surface area contributed by atoms with Crippen molar-refractivity contribution in [3.8, 4) is 5.88 Å². The normalized spacial score (nSPS) is 23.9. The molecule has 0 spiro atoms. The highest BCUT2D eigenvalue weighted by atomic mass is 19.4. The molecule has 0 saturated carbocycles. The molecule has 0 aromatic carbocycles. The lowest BCUT2D eigenvalue weighted by Gasteiger charge is -2.30. The van der Waals surface area contributed by atoms with Crippen LogP contribution in [0.25, 0.3) is 0 Å². The number of halogens is 3. The van der Waals surface area contributed by atoms with Crippen LogP contribution in [0.15, 0.2) is 36.2 Å². The maximum atomic E-state index is 12.2. The standard InChI is InChI=1S/C16H19F3N4O2/c17-16(18,19)10-25-14-5-6-21-15(23-14)22-12-3-1-11(2-4-12)13-9-20-7-8-24-13/h1,3-6,11,13,20H,2,7-10H2,(H,21,22,23)/t11?,13-/m1/s1. The van der Waals surface area contributed by atoms with Crippen molar-refractivity contribution in [1.29, 1.82) is 0 Å². The van der Waals surface area contributed by atoms with Crippen molar-refractivity contribution < 1.29 is 22.6 Å². The van der Waals surface area contributed by atoms with Crippen molar-refractivity contribution in [3.63, 3.8) is 0 Å². The highest BCUT2D eigenvalue weighted by molar-refractivity contribution is 5.42. The second kappa shape index (κ2) is 7.83. The number of allylic oxidation sites excluding steroid dienone is 2. The minimum atomic E-state index is -4.40. The minimum absolute atomic E-state index is 0.130. The molecule has 0 radical (unpaired) electrons. The number of hydrogen-bond acceptors (Lipinski definition) is 6. The van der Waals surface area contributed by atoms with Gasteiger partial charge in [0.25, 0.3) is 0 Å². The number of ether oxygens (including phenoxy) is 2. The minimum Gasteiger partial charge on any atom is -0.468 e. The number of anilines is 1. The molecule has 0 amide bonds. The predicted octanol–water partition coefficient (Wildman–Crippen LogP) is 2.28. The number of rotatable bonds is 5. The maximum Gasteiger partial charge on any atom is 0.422 e. The van der Waals surface area contributed by atoms with Crippen LogP contribution in [-0.2, 0) is 4.74 Å². The highest BCUT2D eigenvalue weighted by Gasteiger charge is 2.28. The van der Waals surface area contributed by atoms with E-state index in [9.17, 15) is 13.2 Å². The summed E-state index contributed by atoms with van der Waals surface area (Å²) in [5, 5.41) is 6.28. The first kappa shape index (κ1) is 17.7. The van der Waals surface area contributed by atoms with Gasteiger partial charge in [0.15, 0.2) is 6.61 Å². The quantitative estimate of drug-likeness (QED) is 0.844. The fourth-order valence-corrected chi connectivity index (χ4v) is 2.63. The van der Waals surface area contributed by atoms with Gasteiger partial charge in [-0.25, -0.2) is 4.98 Å². The molecule has 0 bridgehead atoms. The summed E-state index contributed by atoms with van der Waals surface area (Å²) in [7, 11) is 0. The summed E-state index contributed by atoms with van der Waals surface area (Å²) in [6.07, 6.45) is 3.85. The summed E-state index contributed by atoms with van der Waals surface area (Å²) < 4.78 is 46.9. The molecule has 25 heavy (non-hydrogen) atoms. The summed E-state index contributed by atoms with van der Waals surface area (Å²) in [6, 6.07) is 1.28. The van der Waals surface area contributed by atoms with E-state index in [-0.39, 0.29) is 17.9 Å². The zero-order valence-corrected chi connectivity index (χ0v) is 13.4. The Hall–Kier alpha value is -2.13. The molecule has 1 aromatic heterocycles. The van der Waals surface area contributed by atoms with E-state index in [4.69, 9.17) is 4.74 Å². The summed E-state index contributed by atoms with van der Waals surface area (Å²) in [5.74, 6) is 0.347. The molecule has 1 saturated heterocycles. The molecule has 1 aromatic rings. The topological polar surface area (TPSA) is 68.3 Å². The molecular formula is C16H19F3N4O2. The maximum absolute atomic E-state index is 12.2. The van der Waals surface area contributed by atoms with Gasteiger partial charge >= 0.3 is 6.18 Å². The van der Waals surface area contributed by atoms with E-state index in [0.29, 0.717) is 12.5 Å². The molecule has 6 nitrogen and oxygen atoms in total. The zero-order valence-electron chi connectivity index (χ0n) is 13.4. The Balaban J connectivity index is 1.54. The molecule has 2 atom stereocenters. The molecule has 2 heterocycles. The molecule has 2 aliphatic rings. The number of nitrogens with one attached hydrogen (secondary N) is 2. The molecule has 2 N–H and O–H groups in total. The van der Waals surface area contributed by atoms with Gasteiger partial charge in [-0.05, 0) is 12.5 Å². The summed E-state index contributed by atoms with van der Waals surface area (Å²) in [6.45, 7) is 1.03. The fourth-order valence-electron chi connectivity index (χ4n) is 2.63. The molecule has 1 fully saturated rings. The first-order chi connectivity index (χ1) is 12.0. The Bertz CT molecular complexity index is 643. The zero-order chi connectivity index (χ0) is 17.7. The molecule has 3 rings (SSSR count). The van der Waals surface area contributed by atoms with Crippen molar-refractivity contribution in [2.24, 2.45) is 5.92 Å². The van der Waals surface area contributed by atoms with Crippen LogP contribution >= 0.6 is 0 Å². The predicted molar refractivity (Wildman–Crippen MR) is 85.1 cm³/mol. The number of alkyl halides is 3. The van der Waals surface area contributed by atoms with Crippen LogP contribution in [-0.4, -0.2) is 48.6 Å².